The zero-order chi connectivity index (χ0) is 21.5. The van der Waals surface area contributed by atoms with Crippen molar-refractivity contribution in [2.75, 3.05) is 13.7 Å². The number of aromatic hydroxyl groups is 1. The Morgan fingerprint density at radius 1 is 1.10 bits per heavy atom. The number of allylic oxidation sites excluding steroid dienone is 4. The van der Waals surface area contributed by atoms with Crippen LogP contribution in [0.4, 0.5) is 0 Å². The largest absolute Gasteiger partial charge is 0.507 e. The number of fused-ring (bicyclic) bond motifs is 1. The smallest absolute Gasteiger partial charge is 0.127 e. The second-order valence-electron chi connectivity index (χ2n) is 8.56. The van der Waals surface area contributed by atoms with E-state index in [0.717, 1.165) is 55.8 Å². The van der Waals surface area contributed by atoms with E-state index in [-0.39, 0.29) is 0 Å². The lowest BCUT2D eigenvalue weighted by Gasteiger charge is -2.14. The number of benzene rings is 2. The fourth-order valence-electron chi connectivity index (χ4n) is 4.06. The van der Waals surface area contributed by atoms with Crippen molar-refractivity contribution in [3.63, 3.8) is 0 Å². The van der Waals surface area contributed by atoms with E-state index in [1.54, 1.807) is 7.11 Å². The maximum Gasteiger partial charge on any atom is 0.127 e. The summed E-state index contributed by atoms with van der Waals surface area (Å²) in [5, 5.41) is 11.0. The number of hydrogen-bond acceptors (Lipinski definition) is 3. The number of methoxy groups -OCH3 is 1. The van der Waals surface area contributed by atoms with Gasteiger partial charge in [0.15, 0.2) is 0 Å². The standard InChI is InChI=1S/C27H35NO2/c1-20(2)9-8-10-21(3)13-14-24-26(30-4)17-23-18-28(19-25(23)27(24)29)16-15-22-11-6-5-7-12-22/h5-7,9,11-13,17,29H,8,10,14-16,18-19H2,1-4H3/b21-13+. The van der Waals surface area contributed by atoms with Gasteiger partial charge in [-0.25, -0.2) is 0 Å². The Balaban J connectivity index is 1.68. The van der Waals surface area contributed by atoms with Gasteiger partial charge in [0, 0.05) is 30.8 Å². The Morgan fingerprint density at radius 2 is 1.87 bits per heavy atom. The average Bonchev–Trinajstić information content (AvgIpc) is 3.15. The van der Waals surface area contributed by atoms with E-state index in [1.807, 2.05) is 0 Å². The van der Waals surface area contributed by atoms with Crippen molar-refractivity contribution in [1.82, 2.24) is 4.90 Å². The highest BCUT2D eigenvalue weighted by molar-refractivity contribution is 5.55. The Kier molecular flexibility index (Phi) is 7.75. The molecule has 0 bridgehead atoms. The van der Waals surface area contributed by atoms with Crippen molar-refractivity contribution in [3.05, 3.63) is 82.0 Å². The average molecular weight is 406 g/mol. The van der Waals surface area contributed by atoms with Gasteiger partial charge in [-0.15, -0.1) is 0 Å². The Hall–Kier alpha value is -2.52. The lowest BCUT2D eigenvalue weighted by Crippen LogP contribution is -2.19. The number of ether oxygens (including phenoxy) is 1. The van der Waals surface area contributed by atoms with E-state index >= 15 is 0 Å². The number of phenolic OH excluding ortho intramolecular Hbond substituents is 1. The summed E-state index contributed by atoms with van der Waals surface area (Å²) in [5.74, 6) is 1.21. The molecule has 0 unspecified atom stereocenters. The first-order valence-electron chi connectivity index (χ1n) is 10.9. The third kappa shape index (κ3) is 5.76. The summed E-state index contributed by atoms with van der Waals surface area (Å²) in [7, 11) is 1.69. The maximum absolute atomic E-state index is 11.0. The molecule has 3 nitrogen and oxygen atoms in total. The van der Waals surface area contributed by atoms with E-state index in [0.29, 0.717) is 12.2 Å². The minimum atomic E-state index is 0.417. The number of nitrogens with zero attached hydrogens (tertiary/aromatic N) is 1. The molecule has 0 radical (unpaired) electrons. The number of phenols is 1. The summed E-state index contributed by atoms with van der Waals surface area (Å²) < 4.78 is 5.64. The van der Waals surface area contributed by atoms with Gasteiger partial charge in [-0.1, -0.05) is 53.6 Å². The molecule has 0 aromatic heterocycles. The van der Waals surface area contributed by atoms with Crippen LogP contribution in [0.3, 0.4) is 0 Å². The first kappa shape index (κ1) is 22.2. The van der Waals surface area contributed by atoms with Crippen LogP contribution in [0.25, 0.3) is 0 Å². The van der Waals surface area contributed by atoms with Gasteiger partial charge < -0.3 is 9.84 Å². The van der Waals surface area contributed by atoms with Crippen LogP contribution in [0.15, 0.2) is 59.7 Å². The van der Waals surface area contributed by atoms with Crippen molar-refractivity contribution in [3.8, 4) is 11.5 Å². The van der Waals surface area contributed by atoms with E-state index in [9.17, 15) is 5.11 Å². The van der Waals surface area contributed by atoms with Gasteiger partial charge in [-0.3, -0.25) is 4.90 Å². The van der Waals surface area contributed by atoms with Crippen LogP contribution >= 0.6 is 0 Å². The predicted molar refractivity (Wildman–Crippen MR) is 125 cm³/mol. The summed E-state index contributed by atoms with van der Waals surface area (Å²) in [4.78, 5) is 2.40. The van der Waals surface area contributed by atoms with Gasteiger partial charge in [-0.2, -0.15) is 0 Å². The van der Waals surface area contributed by atoms with Gasteiger partial charge in [0.1, 0.15) is 11.5 Å². The first-order valence-corrected chi connectivity index (χ1v) is 10.9. The SMILES string of the molecule is COc1cc2c(c(O)c1C/C=C(\C)CCC=C(C)C)CN(CCc1ccccc1)C2. The molecule has 0 aliphatic carbocycles. The van der Waals surface area contributed by atoms with Crippen molar-refractivity contribution < 1.29 is 9.84 Å². The molecule has 1 aliphatic heterocycles. The molecular formula is C27H35NO2. The van der Waals surface area contributed by atoms with Crippen LogP contribution in [0.5, 0.6) is 11.5 Å². The second kappa shape index (κ2) is 10.5. The molecule has 3 rings (SSSR count). The molecule has 1 aliphatic rings. The summed E-state index contributed by atoms with van der Waals surface area (Å²) in [6.45, 7) is 9.09. The summed E-state index contributed by atoms with van der Waals surface area (Å²) in [6, 6.07) is 12.7. The molecule has 0 amide bonds. The van der Waals surface area contributed by atoms with Gasteiger partial charge in [0.2, 0.25) is 0 Å². The topological polar surface area (TPSA) is 32.7 Å². The Morgan fingerprint density at radius 3 is 2.57 bits per heavy atom. The molecule has 0 saturated heterocycles. The molecule has 0 fully saturated rings. The molecule has 2 aromatic rings. The second-order valence-corrected chi connectivity index (χ2v) is 8.56. The molecule has 0 atom stereocenters. The van der Waals surface area contributed by atoms with Gasteiger partial charge >= 0.3 is 0 Å². The summed E-state index contributed by atoms with van der Waals surface area (Å²) >= 11 is 0. The van der Waals surface area contributed by atoms with Crippen LogP contribution in [-0.4, -0.2) is 23.7 Å². The van der Waals surface area contributed by atoms with Gasteiger partial charge in [-0.05, 0) is 63.6 Å². The van der Waals surface area contributed by atoms with E-state index in [2.05, 4.69) is 74.2 Å². The highest BCUT2D eigenvalue weighted by Crippen LogP contribution is 2.39. The van der Waals surface area contributed by atoms with E-state index in [4.69, 9.17) is 4.74 Å². The minimum Gasteiger partial charge on any atom is -0.507 e. The van der Waals surface area contributed by atoms with Crippen molar-refractivity contribution in [2.24, 2.45) is 0 Å². The fraction of sp³-hybridized carbons (Fsp3) is 0.407. The van der Waals surface area contributed by atoms with Gasteiger partial charge in [0.05, 0.1) is 7.11 Å². The predicted octanol–water partition coefficient (Wildman–Crippen LogP) is 6.19. The van der Waals surface area contributed by atoms with Crippen molar-refractivity contribution in [2.45, 2.75) is 59.5 Å². The minimum absolute atomic E-state index is 0.417. The molecule has 3 heteroatoms. The highest BCUT2D eigenvalue weighted by Gasteiger charge is 2.25. The fourth-order valence-corrected chi connectivity index (χ4v) is 4.06. The monoisotopic (exact) mass is 405 g/mol. The van der Waals surface area contributed by atoms with E-state index in [1.165, 1.54) is 22.3 Å². The summed E-state index contributed by atoms with van der Waals surface area (Å²) in [6.07, 6.45) is 8.33. The lowest BCUT2D eigenvalue weighted by molar-refractivity contribution is 0.286. The lowest BCUT2D eigenvalue weighted by atomic mass is 9.99. The normalized spacial score (nSPS) is 13.9. The van der Waals surface area contributed by atoms with Crippen LogP contribution in [0.2, 0.25) is 0 Å². The molecule has 160 valence electrons. The van der Waals surface area contributed by atoms with Crippen LogP contribution in [0.1, 0.15) is 55.9 Å². The zero-order valence-electron chi connectivity index (χ0n) is 18.9. The van der Waals surface area contributed by atoms with Crippen LogP contribution in [0, 0.1) is 0 Å². The molecule has 30 heavy (non-hydrogen) atoms. The number of hydrogen-bond donors (Lipinski definition) is 1. The quantitative estimate of drug-likeness (QED) is 0.505. The Labute approximate surface area is 181 Å². The summed E-state index contributed by atoms with van der Waals surface area (Å²) in [5.41, 5.74) is 7.21. The third-order valence-electron chi connectivity index (χ3n) is 5.86. The maximum atomic E-state index is 11.0. The van der Waals surface area contributed by atoms with Crippen LogP contribution < -0.4 is 4.74 Å². The van der Waals surface area contributed by atoms with Gasteiger partial charge in [0.25, 0.3) is 0 Å². The highest BCUT2D eigenvalue weighted by atomic mass is 16.5. The third-order valence-corrected chi connectivity index (χ3v) is 5.86. The molecule has 0 saturated carbocycles. The molecule has 2 aromatic carbocycles. The molecule has 0 spiro atoms. The van der Waals surface area contributed by atoms with Crippen LogP contribution in [-0.2, 0) is 25.9 Å². The first-order chi connectivity index (χ1) is 14.5. The van der Waals surface area contributed by atoms with Crippen molar-refractivity contribution in [1.29, 1.82) is 0 Å². The molecule has 1 heterocycles. The van der Waals surface area contributed by atoms with E-state index < -0.39 is 0 Å². The molecular weight excluding hydrogens is 370 g/mol. The number of rotatable bonds is 9. The zero-order valence-corrected chi connectivity index (χ0v) is 18.9. The Bertz CT molecular complexity index is 908. The van der Waals surface area contributed by atoms with Crippen molar-refractivity contribution >= 4 is 0 Å². The molecule has 1 N–H and O–H groups in total.